The molecule has 0 unspecified atom stereocenters. The maximum absolute atomic E-state index is 2.35. The van der Waals surface area contributed by atoms with Crippen molar-refractivity contribution in [2.24, 2.45) is 17.8 Å². The molecule has 68 valence electrons. The van der Waals surface area contributed by atoms with Gasteiger partial charge in [-0.1, -0.05) is 53.9 Å². The van der Waals surface area contributed by atoms with E-state index in [4.69, 9.17) is 0 Å². The van der Waals surface area contributed by atoms with Crippen molar-refractivity contribution >= 4 is 0 Å². The van der Waals surface area contributed by atoms with Crippen molar-refractivity contribution in [2.45, 2.75) is 53.9 Å². The molecule has 0 saturated carbocycles. The molecule has 0 aliphatic carbocycles. The van der Waals surface area contributed by atoms with Gasteiger partial charge in [-0.15, -0.1) is 0 Å². The molecule has 1 atom stereocenters. The van der Waals surface area contributed by atoms with Crippen LogP contribution in [0.15, 0.2) is 0 Å². The van der Waals surface area contributed by atoms with E-state index >= 15 is 0 Å². The number of hydrogen-bond donors (Lipinski definition) is 0. The third-order valence-electron chi connectivity index (χ3n) is 2.98. The van der Waals surface area contributed by atoms with E-state index in [2.05, 4.69) is 34.6 Å². The van der Waals surface area contributed by atoms with Crippen molar-refractivity contribution < 1.29 is 0 Å². The molecule has 11 heavy (non-hydrogen) atoms. The molecule has 0 aromatic carbocycles. The van der Waals surface area contributed by atoms with Crippen LogP contribution in [0.2, 0.25) is 0 Å². The average Bonchev–Trinajstić information content (AvgIpc) is 1.99. The minimum Gasteiger partial charge on any atom is -0.0651 e. The summed E-state index contributed by atoms with van der Waals surface area (Å²) in [5, 5.41) is 0. The summed E-state index contributed by atoms with van der Waals surface area (Å²) in [5.41, 5.74) is 0. The van der Waals surface area contributed by atoms with Crippen molar-refractivity contribution in [1.82, 2.24) is 0 Å². The summed E-state index contributed by atoms with van der Waals surface area (Å²) in [4.78, 5) is 0. The maximum atomic E-state index is 2.35. The van der Waals surface area contributed by atoms with Gasteiger partial charge in [0.1, 0.15) is 0 Å². The average molecular weight is 156 g/mol. The molecule has 0 radical (unpaired) electrons. The SMILES string of the molecule is CCC(CC)[C@H](CC)C(C)C. The van der Waals surface area contributed by atoms with Gasteiger partial charge in [-0.25, -0.2) is 0 Å². The Morgan fingerprint density at radius 2 is 1.27 bits per heavy atom. The van der Waals surface area contributed by atoms with E-state index in [1.54, 1.807) is 0 Å². The summed E-state index contributed by atoms with van der Waals surface area (Å²) >= 11 is 0. The fourth-order valence-corrected chi connectivity index (χ4v) is 2.24. The lowest BCUT2D eigenvalue weighted by molar-refractivity contribution is 0.232. The van der Waals surface area contributed by atoms with Crippen LogP contribution in [-0.4, -0.2) is 0 Å². The Hall–Kier alpha value is 0. The van der Waals surface area contributed by atoms with Gasteiger partial charge in [-0.3, -0.25) is 0 Å². The predicted molar refractivity (Wildman–Crippen MR) is 52.7 cm³/mol. The summed E-state index contributed by atoms with van der Waals surface area (Å²) in [5.74, 6) is 2.77. The molecule has 0 rings (SSSR count). The zero-order chi connectivity index (χ0) is 8.85. The Kier molecular flexibility index (Phi) is 5.62. The first-order chi connectivity index (χ1) is 5.17. The van der Waals surface area contributed by atoms with Gasteiger partial charge in [0.05, 0.1) is 0 Å². The highest BCUT2D eigenvalue weighted by Crippen LogP contribution is 2.28. The zero-order valence-electron chi connectivity index (χ0n) is 8.85. The van der Waals surface area contributed by atoms with Gasteiger partial charge in [0, 0.05) is 0 Å². The van der Waals surface area contributed by atoms with Crippen LogP contribution in [0.25, 0.3) is 0 Å². The summed E-state index contributed by atoms with van der Waals surface area (Å²) in [6, 6.07) is 0. The van der Waals surface area contributed by atoms with Crippen LogP contribution in [0.5, 0.6) is 0 Å². The third-order valence-corrected chi connectivity index (χ3v) is 2.98. The first-order valence-corrected chi connectivity index (χ1v) is 5.17. The topological polar surface area (TPSA) is 0 Å². The van der Waals surface area contributed by atoms with Crippen molar-refractivity contribution in [1.29, 1.82) is 0 Å². The van der Waals surface area contributed by atoms with Gasteiger partial charge in [0.25, 0.3) is 0 Å². The minimum absolute atomic E-state index is 0.866. The molecular formula is C11H24. The molecule has 0 aliphatic rings. The first kappa shape index (κ1) is 11.0. The van der Waals surface area contributed by atoms with Gasteiger partial charge in [0.2, 0.25) is 0 Å². The third kappa shape index (κ3) is 3.27. The van der Waals surface area contributed by atoms with Crippen LogP contribution in [0.4, 0.5) is 0 Å². The largest absolute Gasteiger partial charge is 0.0651 e. The molecule has 0 spiro atoms. The summed E-state index contributed by atoms with van der Waals surface area (Å²) in [6.07, 6.45) is 4.06. The number of hydrogen-bond acceptors (Lipinski definition) is 0. The highest BCUT2D eigenvalue weighted by molar-refractivity contribution is 4.69. The van der Waals surface area contributed by atoms with Crippen LogP contribution in [-0.2, 0) is 0 Å². The quantitative estimate of drug-likeness (QED) is 0.562. The molecule has 0 heterocycles. The lowest BCUT2D eigenvalue weighted by Gasteiger charge is -2.27. The second kappa shape index (κ2) is 5.62. The van der Waals surface area contributed by atoms with Gasteiger partial charge in [0.15, 0.2) is 0 Å². The van der Waals surface area contributed by atoms with E-state index in [-0.39, 0.29) is 0 Å². The van der Waals surface area contributed by atoms with E-state index < -0.39 is 0 Å². The smallest absolute Gasteiger partial charge is 0.0365 e. The van der Waals surface area contributed by atoms with Crippen LogP contribution < -0.4 is 0 Å². The van der Waals surface area contributed by atoms with Gasteiger partial charge in [-0.05, 0) is 17.8 Å². The van der Waals surface area contributed by atoms with Crippen LogP contribution >= 0.6 is 0 Å². The molecule has 0 fully saturated rings. The fraction of sp³-hybridized carbons (Fsp3) is 1.00. The maximum Gasteiger partial charge on any atom is -0.0365 e. The van der Waals surface area contributed by atoms with Crippen molar-refractivity contribution in [3.63, 3.8) is 0 Å². The molecule has 0 saturated heterocycles. The molecule has 0 aromatic rings. The Morgan fingerprint density at radius 1 is 0.818 bits per heavy atom. The summed E-state index contributed by atoms with van der Waals surface area (Å²) in [6.45, 7) is 11.7. The van der Waals surface area contributed by atoms with Crippen LogP contribution in [0, 0.1) is 17.8 Å². The Labute approximate surface area is 72.4 Å². The highest BCUT2D eigenvalue weighted by atomic mass is 14.2. The van der Waals surface area contributed by atoms with E-state index in [0.717, 1.165) is 17.8 Å². The van der Waals surface area contributed by atoms with Gasteiger partial charge < -0.3 is 0 Å². The summed E-state index contributed by atoms with van der Waals surface area (Å²) < 4.78 is 0. The van der Waals surface area contributed by atoms with Gasteiger partial charge >= 0.3 is 0 Å². The summed E-state index contributed by atoms with van der Waals surface area (Å²) in [7, 11) is 0. The molecule has 0 bridgehead atoms. The first-order valence-electron chi connectivity index (χ1n) is 5.17. The molecular weight excluding hydrogens is 132 g/mol. The Morgan fingerprint density at radius 3 is 1.36 bits per heavy atom. The standard InChI is InChI=1S/C11H24/c1-6-10(7-2)11(8-3)9(4)5/h9-11H,6-8H2,1-5H3/t11-/m1/s1. The number of rotatable bonds is 5. The molecule has 0 nitrogen and oxygen atoms in total. The molecule has 0 aliphatic heterocycles. The van der Waals surface area contributed by atoms with Crippen molar-refractivity contribution in [2.75, 3.05) is 0 Å². The van der Waals surface area contributed by atoms with E-state index in [0.29, 0.717) is 0 Å². The fourth-order valence-electron chi connectivity index (χ4n) is 2.24. The molecule has 0 aromatic heterocycles. The monoisotopic (exact) mass is 156 g/mol. The lowest BCUT2D eigenvalue weighted by Crippen LogP contribution is -2.18. The van der Waals surface area contributed by atoms with Gasteiger partial charge in [-0.2, -0.15) is 0 Å². The highest BCUT2D eigenvalue weighted by Gasteiger charge is 2.19. The normalized spacial score (nSPS) is 14.5. The second-order valence-electron chi connectivity index (χ2n) is 3.89. The zero-order valence-corrected chi connectivity index (χ0v) is 8.85. The van der Waals surface area contributed by atoms with Crippen molar-refractivity contribution in [3.05, 3.63) is 0 Å². The predicted octanol–water partition coefficient (Wildman–Crippen LogP) is 4.10. The van der Waals surface area contributed by atoms with Crippen LogP contribution in [0.1, 0.15) is 53.9 Å². The molecule has 0 N–H and O–H groups in total. The van der Waals surface area contributed by atoms with Crippen molar-refractivity contribution in [3.8, 4) is 0 Å². The second-order valence-corrected chi connectivity index (χ2v) is 3.89. The minimum atomic E-state index is 0.866. The molecule has 0 amide bonds. The lowest BCUT2D eigenvalue weighted by atomic mass is 9.79. The Bertz CT molecular complexity index is 80.0. The van der Waals surface area contributed by atoms with E-state index in [1.807, 2.05) is 0 Å². The van der Waals surface area contributed by atoms with E-state index in [9.17, 15) is 0 Å². The van der Waals surface area contributed by atoms with Crippen LogP contribution in [0.3, 0.4) is 0 Å². The Balaban J connectivity index is 3.98. The molecule has 0 heteroatoms. The van der Waals surface area contributed by atoms with E-state index in [1.165, 1.54) is 19.3 Å².